The van der Waals surface area contributed by atoms with E-state index in [9.17, 15) is 4.79 Å². The van der Waals surface area contributed by atoms with Crippen LogP contribution >= 0.6 is 11.6 Å². The van der Waals surface area contributed by atoms with Gasteiger partial charge in [-0.1, -0.05) is 36.6 Å². The molecule has 2 nitrogen and oxygen atoms in total. The summed E-state index contributed by atoms with van der Waals surface area (Å²) in [6.07, 6.45) is 3.93. The fraction of sp³-hybridized carbons (Fsp3) is 0.500. The van der Waals surface area contributed by atoms with E-state index in [0.29, 0.717) is 11.6 Å². The molecular weight excluding hydrogens is 236 g/mol. The number of benzene rings is 1. The lowest BCUT2D eigenvalue weighted by Gasteiger charge is -2.27. The van der Waals surface area contributed by atoms with E-state index in [4.69, 9.17) is 16.3 Å². The zero-order valence-corrected chi connectivity index (χ0v) is 10.8. The number of hydrogen-bond acceptors (Lipinski definition) is 2. The summed E-state index contributed by atoms with van der Waals surface area (Å²) in [5.74, 6) is -0.0835. The molecule has 0 heterocycles. The van der Waals surface area contributed by atoms with Gasteiger partial charge in [0.15, 0.2) is 0 Å². The summed E-state index contributed by atoms with van der Waals surface area (Å²) in [7, 11) is 0. The topological polar surface area (TPSA) is 26.3 Å². The Balaban J connectivity index is 2.34. The van der Waals surface area contributed by atoms with Gasteiger partial charge in [0.2, 0.25) is 0 Å². The Kier molecular flexibility index (Phi) is 3.72. The van der Waals surface area contributed by atoms with Gasteiger partial charge in [-0.15, -0.1) is 0 Å². The van der Waals surface area contributed by atoms with Crippen molar-refractivity contribution in [2.75, 3.05) is 6.61 Å². The average Bonchev–Trinajstić information content (AvgIpc) is 2.81. The Hall–Kier alpha value is -1.02. The minimum absolute atomic E-state index is 0.0835. The number of carbonyl (C=O) groups is 1. The van der Waals surface area contributed by atoms with Gasteiger partial charge >= 0.3 is 5.97 Å². The molecule has 0 N–H and O–H groups in total. The molecule has 0 unspecified atom stereocenters. The molecule has 1 aliphatic rings. The van der Waals surface area contributed by atoms with Crippen LogP contribution in [0.2, 0.25) is 5.02 Å². The smallest absolute Gasteiger partial charge is 0.316 e. The van der Waals surface area contributed by atoms with Crippen LogP contribution in [-0.2, 0) is 14.9 Å². The van der Waals surface area contributed by atoms with Crippen molar-refractivity contribution in [2.45, 2.75) is 38.0 Å². The number of carbonyl (C=O) groups excluding carboxylic acids is 1. The maximum absolute atomic E-state index is 12.2. The van der Waals surface area contributed by atoms with E-state index in [1.807, 2.05) is 31.2 Å². The molecule has 92 valence electrons. The van der Waals surface area contributed by atoms with Crippen molar-refractivity contribution < 1.29 is 9.53 Å². The van der Waals surface area contributed by atoms with Crippen molar-refractivity contribution in [1.82, 2.24) is 0 Å². The molecule has 2 rings (SSSR count). The monoisotopic (exact) mass is 252 g/mol. The van der Waals surface area contributed by atoms with Crippen LogP contribution in [0.4, 0.5) is 0 Å². The minimum Gasteiger partial charge on any atom is -0.465 e. The second kappa shape index (κ2) is 5.09. The number of ether oxygens (including phenoxy) is 1. The summed E-state index contributed by atoms with van der Waals surface area (Å²) in [5, 5.41) is 0.700. The van der Waals surface area contributed by atoms with Gasteiger partial charge < -0.3 is 4.74 Å². The molecule has 1 aromatic rings. The van der Waals surface area contributed by atoms with Gasteiger partial charge in [-0.2, -0.15) is 0 Å². The maximum atomic E-state index is 12.2. The van der Waals surface area contributed by atoms with Crippen molar-refractivity contribution in [3.8, 4) is 0 Å². The summed E-state index contributed by atoms with van der Waals surface area (Å²) in [4.78, 5) is 12.2. The first kappa shape index (κ1) is 12.4. The van der Waals surface area contributed by atoms with Crippen LogP contribution < -0.4 is 0 Å². The Morgan fingerprint density at radius 3 is 2.41 bits per heavy atom. The van der Waals surface area contributed by atoms with E-state index >= 15 is 0 Å². The third kappa shape index (κ3) is 2.32. The Morgan fingerprint density at radius 1 is 1.29 bits per heavy atom. The standard InChI is InChI=1S/C14H17ClO2/c1-2-17-13(16)14(9-3-4-10-14)11-5-7-12(15)8-6-11/h5-8H,2-4,9-10H2,1H3. The summed E-state index contributed by atoms with van der Waals surface area (Å²) in [6, 6.07) is 7.58. The summed E-state index contributed by atoms with van der Waals surface area (Å²) in [6.45, 7) is 2.29. The van der Waals surface area contributed by atoms with Crippen LogP contribution in [0.3, 0.4) is 0 Å². The van der Waals surface area contributed by atoms with Crippen molar-refractivity contribution >= 4 is 17.6 Å². The Labute approximate surface area is 107 Å². The van der Waals surface area contributed by atoms with Crippen LogP contribution in [0.5, 0.6) is 0 Å². The number of halogens is 1. The molecule has 0 spiro atoms. The summed E-state index contributed by atoms with van der Waals surface area (Å²) in [5.41, 5.74) is 0.610. The lowest BCUT2D eigenvalue weighted by atomic mass is 9.79. The minimum atomic E-state index is -0.430. The molecule has 0 amide bonds. The highest BCUT2D eigenvalue weighted by atomic mass is 35.5. The van der Waals surface area contributed by atoms with Crippen molar-refractivity contribution in [3.63, 3.8) is 0 Å². The molecule has 0 radical (unpaired) electrons. The molecule has 1 aliphatic carbocycles. The van der Waals surface area contributed by atoms with Gasteiger partial charge in [0.05, 0.1) is 12.0 Å². The molecule has 0 bridgehead atoms. The Bertz CT molecular complexity index is 391. The van der Waals surface area contributed by atoms with Gasteiger partial charge in [-0.25, -0.2) is 0 Å². The fourth-order valence-electron chi connectivity index (χ4n) is 2.63. The van der Waals surface area contributed by atoms with E-state index in [1.165, 1.54) is 0 Å². The number of rotatable bonds is 3. The average molecular weight is 253 g/mol. The molecule has 1 fully saturated rings. The van der Waals surface area contributed by atoms with Crippen molar-refractivity contribution in [1.29, 1.82) is 0 Å². The first-order valence-electron chi connectivity index (χ1n) is 6.12. The van der Waals surface area contributed by atoms with E-state index in [0.717, 1.165) is 31.2 Å². The van der Waals surface area contributed by atoms with Gasteiger partial charge in [-0.05, 0) is 37.5 Å². The molecule has 0 aromatic heterocycles. The van der Waals surface area contributed by atoms with Gasteiger partial charge in [-0.3, -0.25) is 4.79 Å². The van der Waals surface area contributed by atoms with Gasteiger partial charge in [0, 0.05) is 5.02 Å². The van der Waals surface area contributed by atoms with Crippen molar-refractivity contribution in [2.24, 2.45) is 0 Å². The highest BCUT2D eigenvalue weighted by Crippen LogP contribution is 2.42. The second-order valence-corrected chi connectivity index (χ2v) is 4.95. The van der Waals surface area contributed by atoms with Crippen LogP contribution in [0.25, 0.3) is 0 Å². The zero-order valence-electron chi connectivity index (χ0n) is 10.0. The molecule has 0 aliphatic heterocycles. The summed E-state index contributed by atoms with van der Waals surface area (Å²) >= 11 is 5.89. The molecule has 1 aromatic carbocycles. The van der Waals surface area contributed by atoms with Crippen LogP contribution in [-0.4, -0.2) is 12.6 Å². The second-order valence-electron chi connectivity index (χ2n) is 4.52. The zero-order chi connectivity index (χ0) is 12.3. The largest absolute Gasteiger partial charge is 0.465 e. The lowest BCUT2D eigenvalue weighted by molar-refractivity contribution is -0.150. The summed E-state index contributed by atoms with van der Waals surface area (Å²) < 4.78 is 5.24. The van der Waals surface area contributed by atoms with E-state index in [2.05, 4.69) is 0 Å². The highest BCUT2D eigenvalue weighted by molar-refractivity contribution is 6.30. The van der Waals surface area contributed by atoms with Gasteiger partial charge in [0.1, 0.15) is 0 Å². The third-order valence-corrected chi connectivity index (χ3v) is 3.77. The highest BCUT2D eigenvalue weighted by Gasteiger charge is 2.43. The Morgan fingerprint density at radius 2 is 1.88 bits per heavy atom. The molecule has 0 saturated heterocycles. The molecule has 3 heteroatoms. The maximum Gasteiger partial charge on any atom is 0.316 e. The van der Waals surface area contributed by atoms with Gasteiger partial charge in [0.25, 0.3) is 0 Å². The molecule has 1 saturated carbocycles. The first-order valence-corrected chi connectivity index (χ1v) is 6.50. The number of hydrogen-bond donors (Lipinski definition) is 0. The number of esters is 1. The SMILES string of the molecule is CCOC(=O)C1(c2ccc(Cl)cc2)CCCC1. The fourth-order valence-corrected chi connectivity index (χ4v) is 2.75. The van der Waals surface area contributed by atoms with E-state index < -0.39 is 5.41 Å². The predicted molar refractivity (Wildman–Crippen MR) is 68.2 cm³/mol. The normalized spacial score (nSPS) is 18.0. The van der Waals surface area contributed by atoms with Crippen LogP contribution in [0, 0.1) is 0 Å². The first-order chi connectivity index (χ1) is 8.19. The third-order valence-electron chi connectivity index (χ3n) is 3.52. The van der Waals surface area contributed by atoms with Crippen LogP contribution in [0.15, 0.2) is 24.3 Å². The predicted octanol–water partition coefficient (Wildman–Crippen LogP) is 3.71. The molecule has 17 heavy (non-hydrogen) atoms. The van der Waals surface area contributed by atoms with E-state index in [-0.39, 0.29) is 5.97 Å². The lowest BCUT2D eigenvalue weighted by Crippen LogP contribution is -2.34. The van der Waals surface area contributed by atoms with E-state index in [1.54, 1.807) is 0 Å². The molecule has 0 atom stereocenters. The quantitative estimate of drug-likeness (QED) is 0.767. The van der Waals surface area contributed by atoms with Crippen molar-refractivity contribution in [3.05, 3.63) is 34.9 Å². The molecular formula is C14H17ClO2. The van der Waals surface area contributed by atoms with Crippen LogP contribution in [0.1, 0.15) is 38.2 Å².